The Morgan fingerprint density at radius 2 is 2.11 bits per heavy atom. The lowest BCUT2D eigenvalue weighted by Crippen LogP contribution is -2.24. The van der Waals surface area contributed by atoms with Gasteiger partial charge in [0.15, 0.2) is 11.1 Å². The minimum absolute atomic E-state index is 0.0154. The first-order valence-corrected chi connectivity index (χ1v) is 6.68. The fraction of sp³-hybridized carbons (Fsp3) is 0.100. The standard InChI is InChI=1S/C10H11Cl2N5OS/c11-5-1-2-6(12)7(3-5)16-8(18)4-19-10(15)17-9(13)14/h1-3H,4H2,(H,16,18)(H5,13,14,15,17). The third-order valence-corrected chi connectivity index (χ3v) is 3.11. The molecule has 0 saturated heterocycles. The maximum Gasteiger partial charge on any atom is 0.234 e. The Morgan fingerprint density at radius 1 is 1.42 bits per heavy atom. The van der Waals surface area contributed by atoms with Crippen LogP contribution in [0, 0.1) is 5.41 Å². The van der Waals surface area contributed by atoms with Crippen LogP contribution < -0.4 is 16.8 Å². The molecule has 1 aromatic carbocycles. The summed E-state index contributed by atoms with van der Waals surface area (Å²) in [6.45, 7) is 0. The van der Waals surface area contributed by atoms with Crippen molar-refractivity contribution >= 4 is 57.7 Å². The summed E-state index contributed by atoms with van der Waals surface area (Å²) >= 11 is 12.6. The van der Waals surface area contributed by atoms with E-state index in [0.29, 0.717) is 15.7 Å². The van der Waals surface area contributed by atoms with Gasteiger partial charge in [-0.25, -0.2) is 0 Å². The Labute approximate surface area is 124 Å². The second-order valence-corrected chi connectivity index (χ2v) is 5.11. The number of anilines is 1. The van der Waals surface area contributed by atoms with Gasteiger partial charge in [-0.1, -0.05) is 35.0 Å². The van der Waals surface area contributed by atoms with Gasteiger partial charge < -0.3 is 16.8 Å². The number of amides is 1. The van der Waals surface area contributed by atoms with Crippen LogP contribution in [0.5, 0.6) is 0 Å². The van der Waals surface area contributed by atoms with Crippen LogP contribution in [0.4, 0.5) is 5.69 Å². The Kier molecular flexibility index (Phi) is 5.94. The number of aliphatic imine (C=N–C) groups is 1. The van der Waals surface area contributed by atoms with Gasteiger partial charge in [0, 0.05) is 5.02 Å². The second kappa shape index (κ2) is 7.22. The van der Waals surface area contributed by atoms with E-state index in [1.807, 2.05) is 0 Å². The normalized spacial score (nSPS) is 9.79. The third kappa shape index (κ3) is 5.82. The Morgan fingerprint density at radius 3 is 2.74 bits per heavy atom. The highest BCUT2D eigenvalue weighted by atomic mass is 35.5. The molecule has 6 nitrogen and oxygen atoms in total. The average molecular weight is 320 g/mol. The van der Waals surface area contributed by atoms with E-state index in [-0.39, 0.29) is 22.8 Å². The molecule has 0 atom stereocenters. The van der Waals surface area contributed by atoms with Crippen molar-refractivity contribution in [2.45, 2.75) is 0 Å². The summed E-state index contributed by atoms with van der Waals surface area (Å²) in [6.07, 6.45) is 0. The highest BCUT2D eigenvalue weighted by molar-refractivity contribution is 8.14. The van der Waals surface area contributed by atoms with E-state index in [4.69, 9.17) is 40.1 Å². The Balaban J connectivity index is 2.54. The number of guanidine groups is 1. The van der Waals surface area contributed by atoms with Crippen LogP contribution in [0.2, 0.25) is 10.0 Å². The van der Waals surface area contributed by atoms with Gasteiger partial charge >= 0.3 is 0 Å². The monoisotopic (exact) mass is 319 g/mol. The SMILES string of the molecule is N=C(N=C(N)N)SCC(=O)Nc1cc(Cl)ccc1Cl. The van der Waals surface area contributed by atoms with Gasteiger partial charge in [0.2, 0.25) is 5.91 Å². The maximum atomic E-state index is 11.6. The lowest BCUT2D eigenvalue weighted by Gasteiger charge is -2.07. The molecule has 0 aliphatic rings. The van der Waals surface area contributed by atoms with E-state index in [9.17, 15) is 4.79 Å². The van der Waals surface area contributed by atoms with E-state index in [2.05, 4.69) is 10.3 Å². The number of amidine groups is 1. The molecule has 1 aromatic rings. The van der Waals surface area contributed by atoms with Gasteiger partial charge in [-0.2, -0.15) is 4.99 Å². The van der Waals surface area contributed by atoms with Crippen LogP contribution in [0.15, 0.2) is 23.2 Å². The summed E-state index contributed by atoms with van der Waals surface area (Å²) in [5, 5.41) is 10.6. The predicted molar refractivity (Wildman–Crippen MR) is 81.1 cm³/mol. The van der Waals surface area contributed by atoms with Crippen molar-refractivity contribution in [3.63, 3.8) is 0 Å². The molecular weight excluding hydrogens is 309 g/mol. The molecule has 0 heterocycles. The van der Waals surface area contributed by atoms with Gasteiger partial charge in [0.05, 0.1) is 16.5 Å². The fourth-order valence-corrected chi connectivity index (χ4v) is 1.91. The molecule has 6 N–H and O–H groups in total. The van der Waals surface area contributed by atoms with Gasteiger partial charge in [-0.15, -0.1) is 0 Å². The molecule has 0 saturated carbocycles. The molecular formula is C10H11Cl2N5OS. The van der Waals surface area contributed by atoms with Crippen LogP contribution >= 0.6 is 35.0 Å². The van der Waals surface area contributed by atoms with Crippen molar-refractivity contribution in [3.8, 4) is 0 Å². The Hall–Kier alpha value is -1.44. The summed E-state index contributed by atoms with van der Waals surface area (Å²) in [5.74, 6) is -0.584. The summed E-state index contributed by atoms with van der Waals surface area (Å²) < 4.78 is 0. The minimum atomic E-state index is -0.343. The first-order valence-electron chi connectivity index (χ1n) is 4.94. The highest BCUT2D eigenvalue weighted by Gasteiger charge is 2.08. The number of hydrogen-bond donors (Lipinski definition) is 4. The zero-order chi connectivity index (χ0) is 14.4. The summed E-state index contributed by atoms with van der Waals surface area (Å²) in [5.41, 5.74) is 10.6. The van der Waals surface area contributed by atoms with Crippen molar-refractivity contribution in [2.75, 3.05) is 11.1 Å². The molecule has 0 aliphatic carbocycles. The molecule has 1 rings (SSSR count). The fourth-order valence-electron chi connectivity index (χ4n) is 1.06. The quantitative estimate of drug-likeness (QED) is 0.502. The lowest BCUT2D eigenvalue weighted by atomic mass is 10.3. The van der Waals surface area contributed by atoms with Crippen LogP contribution in [-0.4, -0.2) is 22.8 Å². The highest BCUT2D eigenvalue weighted by Crippen LogP contribution is 2.25. The zero-order valence-corrected chi connectivity index (χ0v) is 11.9. The first-order chi connectivity index (χ1) is 8.88. The largest absolute Gasteiger partial charge is 0.370 e. The first kappa shape index (κ1) is 15.6. The Bertz CT molecular complexity index is 531. The molecule has 0 aromatic heterocycles. The molecule has 19 heavy (non-hydrogen) atoms. The number of nitrogens with zero attached hydrogens (tertiary/aromatic N) is 1. The maximum absolute atomic E-state index is 11.6. The molecule has 0 spiro atoms. The van der Waals surface area contributed by atoms with Gasteiger partial charge in [0.25, 0.3) is 0 Å². The third-order valence-electron chi connectivity index (χ3n) is 1.77. The van der Waals surface area contributed by atoms with Crippen LogP contribution in [0.1, 0.15) is 0 Å². The summed E-state index contributed by atoms with van der Waals surface area (Å²) in [4.78, 5) is 15.1. The van der Waals surface area contributed by atoms with Crippen molar-refractivity contribution < 1.29 is 4.79 Å². The molecule has 0 unspecified atom stereocenters. The lowest BCUT2D eigenvalue weighted by molar-refractivity contribution is -0.113. The van der Waals surface area contributed by atoms with Crippen LogP contribution in [-0.2, 0) is 4.79 Å². The van der Waals surface area contributed by atoms with Crippen LogP contribution in [0.3, 0.4) is 0 Å². The number of halogens is 2. The molecule has 0 aliphatic heterocycles. The number of nitrogens with two attached hydrogens (primary N) is 2. The molecule has 102 valence electrons. The smallest absolute Gasteiger partial charge is 0.234 e. The van der Waals surface area contributed by atoms with Crippen LogP contribution in [0.25, 0.3) is 0 Å². The zero-order valence-electron chi connectivity index (χ0n) is 9.61. The summed E-state index contributed by atoms with van der Waals surface area (Å²) in [7, 11) is 0. The van der Waals surface area contributed by atoms with Crippen molar-refractivity contribution in [3.05, 3.63) is 28.2 Å². The van der Waals surface area contributed by atoms with Gasteiger partial charge in [0.1, 0.15) is 0 Å². The van der Waals surface area contributed by atoms with E-state index < -0.39 is 0 Å². The second-order valence-electron chi connectivity index (χ2n) is 3.30. The van der Waals surface area contributed by atoms with Crippen molar-refractivity contribution in [1.82, 2.24) is 0 Å². The minimum Gasteiger partial charge on any atom is -0.370 e. The van der Waals surface area contributed by atoms with E-state index in [1.54, 1.807) is 12.1 Å². The average Bonchev–Trinajstić information content (AvgIpc) is 2.30. The number of hydrogen-bond acceptors (Lipinski definition) is 3. The molecule has 9 heteroatoms. The number of nitrogens with one attached hydrogen (secondary N) is 2. The number of benzene rings is 1. The molecule has 1 amide bonds. The van der Waals surface area contributed by atoms with E-state index >= 15 is 0 Å². The molecule has 0 radical (unpaired) electrons. The number of carbonyl (C=O) groups excluding carboxylic acids is 1. The topological polar surface area (TPSA) is 117 Å². The predicted octanol–water partition coefficient (Wildman–Crippen LogP) is 1.87. The number of thioether (sulfide) groups is 1. The number of carbonyl (C=O) groups is 1. The summed E-state index contributed by atoms with van der Waals surface area (Å²) in [6, 6.07) is 4.73. The van der Waals surface area contributed by atoms with Gasteiger partial charge in [-0.3, -0.25) is 10.2 Å². The van der Waals surface area contributed by atoms with E-state index in [1.165, 1.54) is 6.07 Å². The van der Waals surface area contributed by atoms with Crippen molar-refractivity contribution in [1.29, 1.82) is 5.41 Å². The number of rotatable bonds is 3. The van der Waals surface area contributed by atoms with Gasteiger partial charge in [-0.05, 0) is 18.2 Å². The van der Waals surface area contributed by atoms with Crippen molar-refractivity contribution in [2.24, 2.45) is 16.5 Å². The van der Waals surface area contributed by atoms with E-state index in [0.717, 1.165) is 11.8 Å². The molecule has 0 fully saturated rings. The molecule has 0 bridgehead atoms.